The normalized spacial score (nSPS) is 15.1. The lowest BCUT2D eigenvalue weighted by Gasteiger charge is -2.34. The first-order valence-electron chi connectivity index (χ1n) is 11.1. The molecule has 1 aliphatic rings. The van der Waals surface area contributed by atoms with Crippen LogP contribution in [0.2, 0.25) is 0 Å². The molecule has 7 heteroatoms. The number of aryl methyl sites for hydroxylation is 1. The average molecular weight is 425 g/mol. The fourth-order valence-electron chi connectivity index (χ4n) is 3.78. The maximum absolute atomic E-state index is 5.50. The Morgan fingerprint density at radius 2 is 1.94 bits per heavy atom. The number of piperazine rings is 1. The van der Waals surface area contributed by atoms with Crippen molar-refractivity contribution in [3.63, 3.8) is 0 Å². The molecule has 2 heterocycles. The fourth-order valence-corrected chi connectivity index (χ4v) is 3.78. The fraction of sp³-hybridized carbons (Fsp3) is 0.500. The van der Waals surface area contributed by atoms with Gasteiger partial charge in [0.1, 0.15) is 11.6 Å². The van der Waals surface area contributed by atoms with Gasteiger partial charge < -0.3 is 25.2 Å². The summed E-state index contributed by atoms with van der Waals surface area (Å²) in [5, 5.41) is 6.81. The molecule has 0 unspecified atom stereocenters. The molecule has 2 aromatic rings. The van der Waals surface area contributed by atoms with Crippen molar-refractivity contribution in [3.8, 4) is 5.75 Å². The highest BCUT2D eigenvalue weighted by molar-refractivity contribution is 5.79. The number of likely N-dealkylation sites (N-methyl/N-ethyl adjacent to an activating group) is 1. The number of guanidine groups is 1. The second kappa shape index (κ2) is 11.6. The number of rotatable bonds is 8. The number of nitrogens with one attached hydrogen (secondary N) is 2. The number of methoxy groups -OCH3 is 1. The van der Waals surface area contributed by atoms with Crippen LogP contribution >= 0.6 is 0 Å². The van der Waals surface area contributed by atoms with Gasteiger partial charge in [-0.05, 0) is 45.0 Å². The third-order valence-corrected chi connectivity index (χ3v) is 5.54. The number of benzene rings is 1. The molecule has 3 rings (SSSR count). The van der Waals surface area contributed by atoms with Crippen LogP contribution in [0.25, 0.3) is 0 Å². The number of aromatic nitrogens is 1. The maximum Gasteiger partial charge on any atom is 0.191 e. The molecule has 1 aromatic carbocycles. The molecule has 1 saturated heterocycles. The molecule has 168 valence electrons. The van der Waals surface area contributed by atoms with E-state index in [1.54, 1.807) is 7.11 Å². The molecule has 0 aliphatic carbocycles. The summed E-state index contributed by atoms with van der Waals surface area (Å²) in [6.07, 6.45) is 2.74. The zero-order valence-electron chi connectivity index (χ0n) is 19.3. The van der Waals surface area contributed by atoms with Gasteiger partial charge in [-0.1, -0.05) is 23.8 Å². The van der Waals surface area contributed by atoms with Crippen LogP contribution in [0.15, 0.2) is 41.5 Å². The van der Waals surface area contributed by atoms with Crippen molar-refractivity contribution < 1.29 is 4.74 Å². The van der Waals surface area contributed by atoms with E-state index < -0.39 is 0 Å². The zero-order chi connectivity index (χ0) is 22.1. The highest BCUT2D eigenvalue weighted by Crippen LogP contribution is 2.20. The van der Waals surface area contributed by atoms with Crippen LogP contribution < -0.4 is 20.3 Å². The van der Waals surface area contributed by atoms with E-state index in [-0.39, 0.29) is 0 Å². The Morgan fingerprint density at radius 1 is 1.13 bits per heavy atom. The lowest BCUT2D eigenvalue weighted by atomic mass is 10.1. The highest BCUT2D eigenvalue weighted by Gasteiger charge is 2.17. The van der Waals surface area contributed by atoms with Crippen molar-refractivity contribution >= 4 is 11.8 Å². The third kappa shape index (κ3) is 6.59. The maximum atomic E-state index is 5.50. The number of aliphatic imine (C=N–C) groups is 1. The summed E-state index contributed by atoms with van der Waals surface area (Å²) in [7, 11) is 3.89. The minimum Gasteiger partial charge on any atom is -0.496 e. The van der Waals surface area contributed by atoms with Crippen molar-refractivity contribution in [1.29, 1.82) is 0 Å². The van der Waals surface area contributed by atoms with E-state index in [2.05, 4.69) is 64.5 Å². The summed E-state index contributed by atoms with van der Waals surface area (Å²) >= 11 is 0. The summed E-state index contributed by atoms with van der Waals surface area (Å²) < 4.78 is 5.50. The number of pyridine rings is 1. The van der Waals surface area contributed by atoms with E-state index in [1.165, 1.54) is 11.1 Å². The van der Waals surface area contributed by atoms with Crippen LogP contribution in [-0.2, 0) is 13.0 Å². The lowest BCUT2D eigenvalue weighted by molar-refractivity contribution is 0.312. The monoisotopic (exact) mass is 424 g/mol. The zero-order valence-corrected chi connectivity index (χ0v) is 19.3. The van der Waals surface area contributed by atoms with Crippen LogP contribution in [0.5, 0.6) is 5.75 Å². The van der Waals surface area contributed by atoms with Crippen LogP contribution in [0.4, 0.5) is 5.82 Å². The summed E-state index contributed by atoms with van der Waals surface area (Å²) in [6, 6.07) is 10.4. The molecule has 0 spiro atoms. The second-order valence-corrected chi connectivity index (χ2v) is 7.96. The Hall–Kier alpha value is -2.80. The number of ether oxygens (including phenoxy) is 1. The minimum absolute atomic E-state index is 0.596. The molecule has 0 bridgehead atoms. The van der Waals surface area contributed by atoms with Crippen LogP contribution in [0, 0.1) is 6.92 Å². The highest BCUT2D eigenvalue weighted by atomic mass is 16.5. The minimum atomic E-state index is 0.596. The van der Waals surface area contributed by atoms with Crippen LogP contribution in [0.3, 0.4) is 0 Å². The molecule has 0 radical (unpaired) electrons. The molecule has 1 aromatic heterocycles. The van der Waals surface area contributed by atoms with E-state index in [0.717, 1.165) is 68.8 Å². The molecule has 0 saturated carbocycles. The molecular weight excluding hydrogens is 388 g/mol. The Morgan fingerprint density at radius 3 is 2.68 bits per heavy atom. The average Bonchev–Trinajstić information content (AvgIpc) is 2.78. The summed E-state index contributed by atoms with van der Waals surface area (Å²) in [6.45, 7) is 10.5. The molecule has 31 heavy (non-hydrogen) atoms. The standard InChI is InChI=1S/C24H36N6O/c1-5-25-24(27-12-10-20-17-19(2)8-9-22(20)31-4)28-18-21-7-6-11-26-23(21)30-15-13-29(3)14-16-30/h6-9,11,17H,5,10,12-16,18H2,1-4H3,(H2,25,27,28). The van der Waals surface area contributed by atoms with Crippen molar-refractivity contribution in [1.82, 2.24) is 20.5 Å². The van der Waals surface area contributed by atoms with Crippen LogP contribution in [-0.4, -0.2) is 69.3 Å². The SMILES string of the molecule is CCNC(=NCc1cccnc1N1CCN(C)CC1)NCCc1cc(C)ccc1OC. The van der Waals surface area contributed by atoms with Gasteiger partial charge in [0.2, 0.25) is 0 Å². The van der Waals surface area contributed by atoms with E-state index >= 15 is 0 Å². The molecule has 1 aliphatic heterocycles. The van der Waals surface area contributed by atoms with Gasteiger partial charge in [-0.2, -0.15) is 0 Å². The van der Waals surface area contributed by atoms with Gasteiger partial charge in [-0.15, -0.1) is 0 Å². The number of hydrogen-bond acceptors (Lipinski definition) is 5. The Balaban J connectivity index is 1.63. The predicted molar refractivity (Wildman–Crippen MR) is 128 cm³/mol. The van der Waals surface area contributed by atoms with Gasteiger partial charge in [-0.25, -0.2) is 9.98 Å². The first-order chi connectivity index (χ1) is 15.1. The Labute approximate surface area is 186 Å². The number of nitrogens with zero attached hydrogens (tertiary/aromatic N) is 4. The van der Waals surface area contributed by atoms with Gasteiger partial charge >= 0.3 is 0 Å². The van der Waals surface area contributed by atoms with Crippen molar-refractivity contribution in [2.45, 2.75) is 26.8 Å². The van der Waals surface area contributed by atoms with Gasteiger partial charge in [0.15, 0.2) is 5.96 Å². The van der Waals surface area contributed by atoms with Gasteiger partial charge in [0, 0.05) is 51.0 Å². The van der Waals surface area contributed by atoms with Crippen LogP contribution in [0.1, 0.15) is 23.6 Å². The number of anilines is 1. The van der Waals surface area contributed by atoms with E-state index in [9.17, 15) is 0 Å². The Kier molecular flexibility index (Phi) is 8.53. The summed E-state index contributed by atoms with van der Waals surface area (Å²) in [4.78, 5) is 14.2. The summed E-state index contributed by atoms with van der Waals surface area (Å²) in [5.41, 5.74) is 3.60. The molecule has 0 amide bonds. The van der Waals surface area contributed by atoms with E-state index in [0.29, 0.717) is 6.54 Å². The van der Waals surface area contributed by atoms with E-state index in [1.807, 2.05) is 18.3 Å². The van der Waals surface area contributed by atoms with Gasteiger partial charge in [0.05, 0.1) is 13.7 Å². The molecule has 1 fully saturated rings. The largest absolute Gasteiger partial charge is 0.496 e. The molecule has 0 atom stereocenters. The van der Waals surface area contributed by atoms with Gasteiger partial charge in [-0.3, -0.25) is 0 Å². The third-order valence-electron chi connectivity index (χ3n) is 5.54. The topological polar surface area (TPSA) is 65.0 Å². The lowest BCUT2D eigenvalue weighted by Crippen LogP contribution is -2.45. The Bertz CT molecular complexity index is 861. The van der Waals surface area contributed by atoms with Crippen molar-refractivity contribution in [3.05, 3.63) is 53.2 Å². The molecular formula is C24H36N6O. The second-order valence-electron chi connectivity index (χ2n) is 7.96. The van der Waals surface area contributed by atoms with Crippen molar-refractivity contribution in [2.75, 3.05) is 58.3 Å². The van der Waals surface area contributed by atoms with Gasteiger partial charge in [0.25, 0.3) is 0 Å². The number of hydrogen-bond donors (Lipinski definition) is 2. The van der Waals surface area contributed by atoms with E-state index in [4.69, 9.17) is 9.73 Å². The first-order valence-corrected chi connectivity index (χ1v) is 11.1. The molecule has 7 nitrogen and oxygen atoms in total. The summed E-state index contributed by atoms with van der Waals surface area (Å²) in [5.74, 6) is 2.81. The predicted octanol–water partition coefficient (Wildman–Crippen LogP) is 2.45. The smallest absolute Gasteiger partial charge is 0.191 e. The quantitative estimate of drug-likeness (QED) is 0.501. The first kappa shape index (κ1) is 22.9. The van der Waals surface area contributed by atoms with Crippen molar-refractivity contribution in [2.24, 2.45) is 4.99 Å². The molecule has 2 N–H and O–H groups in total.